The van der Waals surface area contributed by atoms with Crippen LogP contribution in [-0.2, 0) is 0 Å². The Kier molecular flexibility index (Phi) is 2.71. The normalized spacial score (nSPS) is 10.9. The standard InChI is InChI=1S/C15H10F2N2/c1-9-14(17)13-10(16)5-4-7-11(13)19-15(9)12-6-2-3-8-18-12/h2-8H,1H3. The zero-order valence-electron chi connectivity index (χ0n) is 10.2. The Morgan fingerprint density at radius 1 is 1.00 bits per heavy atom. The fourth-order valence-electron chi connectivity index (χ4n) is 2.07. The van der Waals surface area contributed by atoms with E-state index in [-0.39, 0.29) is 5.39 Å². The highest BCUT2D eigenvalue weighted by Gasteiger charge is 2.16. The van der Waals surface area contributed by atoms with E-state index in [1.54, 1.807) is 37.4 Å². The minimum atomic E-state index is -0.599. The second-order valence-electron chi connectivity index (χ2n) is 4.25. The Balaban J connectivity index is 2.37. The number of pyridine rings is 2. The first-order valence-electron chi connectivity index (χ1n) is 5.84. The summed E-state index contributed by atoms with van der Waals surface area (Å²) in [5, 5.41) is -0.0697. The predicted molar refractivity (Wildman–Crippen MR) is 69.6 cm³/mol. The molecule has 19 heavy (non-hydrogen) atoms. The van der Waals surface area contributed by atoms with Crippen molar-refractivity contribution in [3.05, 3.63) is 59.8 Å². The topological polar surface area (TPSA) is 25.8 Å². The van der Waals surface area contributed by atoms with E-state index in [4.69, 9.17) is 0 Å². The van der Waals surface area contributed by atoms with E-state index in [1.807, 2.05) is 0 Å². The van der Waals surface area contributed by atoms with Crippen molar-refractivity contribution >= 4 is 10.9 Å². The van der Waals surface area contributed by atoms with Gasteiger partial charge in [0.2, 0.25) is 0 Å². The molecule has 0 saturated carbocycles. The van der Waals surface area contributed by atoms with Crippen molar-refractivity contribution in [2.75, 3.05) is 0 Å². The first-order chi connectivity index (χ1) is 9.18. The van der Waals surface area contributed by atoms with Crippen LogP contribution in [0, 0.1) is 18.6 Å². The highest BCUT2D eigenvalue weighted by Crippen LogP contribution is 2.28. The molecule has 0 unspecified atom stereocenters. The van der Waals surface area contributed by atoms with Crippen LogP contribution in [0.5, 0.6) is 0 Å². The van der Waals surface area contributed by atoms with Crippen LogP contribution in [0.3, 0.4) is 0 Å². The molecule has 0 aliphatic rings. The lowest BCUT2D eigenvalue weighted by Gasteiger charge is -2.09. The van der Waals surface area contributed by atoms with Gasteiger partial charge in [-0.1, -0.05) is 12.1 Å². The first kappa shape index (κ1) is 11.7. The second kappa shape index (κ2) is 4.39. The SMILES string of the molecule is Cc1c(-c2ccccn2)nc2cccc(F)c2c1F. The summed E-state index contributed by atoms with van der Waals surface area (Å²) in [6.45, 7) is 1.58. The maximum absolute atomic E-state index is 14.3. The number of aromatic nitrogens is 2. The smallest absolute Gasteiger partial charge is 0.140 e. The van der Waals surface area contributed by atoms with E-state index in [0.717, 1.165) is 0 Å². The molecule has 2 heterocycles. The van der Waals surface area contributed by atoms with Gasteiger partial charge in [-0.25, -0.2) is 13.8 Å². The number of rotatable bonds is 1. The Bertz CT molecular complexity index is 755. The van der Waals surface area contributed by atoms with Gasteiger partial charge in [-0.3, -0.25) is 4.98 Å². The van der Waals surface area contributed by atoms with Crippen LogP contribution in [0.1, 0.15) is 5.56 Å². The van der Waals surface area contributed by atoms with Gasteiger partial charge >= 0.3 is 0 Å². The van der Waals surface area contributed by atoms with Gasteiger partial charge in [-0.05, 0) is 31.2 Å². The summed E-state index contributed by atoms with van der Waals surface area (Å²) in [5.41, 5.74) is 1.61. The van der Waals surface area contributed by atoms with Crippen molar-refractivity contribution < 1.29 is 8.78 Å². The molecule has 94 valence electrons. The van der Waals surface area contributed by atoms with Gasteiger partial charge in [-0.2, -0.15) is 0 Å². The van der Waals surface area contributed by atoms with Crippen molar-refractivity contribution in [2.45, 2.75) is 6.92 Å². The number of hydrogen-bond acceptors (Lipinski definition) is 2. The monoisotopic (exact) mass is 256 g/mol. The quantitative estimate of drug-likeness (QED) is 0.660. The van der Waals surface area contributed by atoms with Gasteiger partial charge in [-0.15, -0.1) is 0 Å². The Morgan fingerprint density at radius 3 is 2.58 bits per heavy atom. The highest BCUT2D eigenvalue weighted by atomic mass is 19.1. The average molecular weight is 256 g/mol. The number of nitrogens with zero attached hydrogens (tertiary/aromatic N) is 2. The van der Waals surface area contributed by atoms with Crippen LogP contribution in [0.15, 0.2) is 42.6 Å². The lowest BCUT2D eigenvalue weighted by Crippen LogP contribution is -1.98. The molecule has 2 aromatic heterocycles. The molecule has 3 rings (SSSR count). The molecule has 0 atom stereocenters. The third-order valence-corrected chi connectivity index (χ3v) is 3.04. The average Bonchev–Trinajstić information content (AvgIpc) is 2.43. The van der Waals surface area contributed by atoms with Crippen LogP contribution in [0.2, 0.25) is 0 Å². The fraction of sp³-hybridized carbons (Fsp3) is 0.0667. The molecular formula is C15H10F2N2. The molecule has 0 fully saturated rings. The van der Waals surface area contributed by atoms with E-state index in [9.17, 15) is 8.78 Å². The maximum Gasteiger partial charge on any atom is 0.140 e. The molecule has 0 N–H and O–H groups in total. The Morgan fingerprint density at radius 2 is 1.84 bits per heavy atom. The van der Waals surface area contributed by atoms with Crippen LogP contribution in [-0.4, -0.2) is 9.97 Å². The van der Waals surface area contributed by atoms with E-state index < -0.39 is 11.6 Å². The van der Waals surface area contributed by atoms with Gasteiger partial charge in [0, 0.05) is 11.8 Å². The van der Waals surface area contributed by atoms with Gasteiger partial charge in [0.15, 0.2) is 0 Å². The number of benzene rings is 1. The second-order valence-corrected chi connectivity index (χ2v) is 4.25. The molecule has 3 aromatic rings. The molecule has 0 spiro atoms. The van der Waals surface area contributed by atoms with Crippen LogP contribution in [0.4, 0.5) is 8.78 Å². The lowest BCUT2D eigenvalue weighted by atomic mass is 10.1. The highest BCUT2D eigenvalue weighted by molar-refractivity contribution is 5.84. The molecule has 0 amide bonds. The van der Waals surface area contributed by atoms with Crippen LogP contribution < -0.4 is 0 Å². The third-order valence-electron chi connectivity index (χ3n) is 3.04. The Labute approximate surface area is 108 Å². The van der Waals surface area contributed by atoms with E-state index in [2.05, 4.69) is 9.97 Å². The summed E-state index contributed by atoms with van der Waals surface area (Å²) in [5.74, 6) is -1.18. The molecule has 0 aliphatic heterocycles. The van der Waals surface area contributed by atoms with Gasteiger partial charge in [0.1, 0.15) is 11.6 Å². The van der Waals surface area contributed by atoms with Crippen molar-refractivity contribution in [2.24, 2.45) is 0 Å². The summed E-state index contributed by atoms with van der Waals surface area (Å²) >= 11 is 0. The summed E-state index contributed by atoms with van der Waals surface area (Å²) in [6, 6.07) is 9.66. The zero-order chi connectivity index (χ0) is 13.4. The van der Waals surface area contributed by atoms with E-state index in [0.29, 0.717) is 22.5 Å². The zero-order valence-corrected chi connectivity index (χ0v) is 10.2. The molecule has 0 radical (unpaired) electrons. The van der Waals surface area contributed by atoms with E-state index >= 15 is 0 Å². The van der Waals surface area contributed by atoms with E-state index in [1.165, 1.54) is 12.1 Å². The molecule has 1 aromatic carbocycles. The largest absolute Gasteiger partial charge is 0.255 e. The third kappa shape index (κ3) is 1.85. The summed E-state index contributed by atoms with van der Waals surface area (Å²) in [7, 11) is 0. The lowest BCUT2D eigenvalue weighted by molar-refractivity contribution is 0.602. The molecule has 0 aliphatic carbocycles. The molecule has 2 nitrogen and oxygen atoms in total. The number of halogens is 2. The van der Waals surface area contributed by atoms with Crippen molar-refractivity contribution in [3.63, 3.8) is 0 Å². The number of fused-ring (bicyclic) bond motifs is 1. The van der Waals surface area contributed by atoms with Crippen LogP contribution in [0.25, 0.3) is 22.3 Å². The van der Waals surface area contributed by atoms with Crippen LogP contribution >= 0.6 is 0 Å². The predicted octanol–water partition coefficient (Wildman–Crippen LogP) is 3.88. The van der Waals surface area contributed by atoms with Gasteiger partial charge < -0.3 is 0 Å². The summed E-state index contributed by atoms with van der Waals surface area (Å²) in [4.78, 5) is 8.48. The van der Waals surface area contributed by atoms with Gasteiger partial charge in [0.05, 0.1) is 22.3 Å². The molecule has 0 bridgehead atoms. The molecule has 4 heteroatoms. The summed E-state index contributed by atoms with van der Waals surface area (Å²) < 4.78 is 28.0. The minimum Gasteiger partial charge on any atom is -0.255 e. The number of hydrogen-bond donors (Lipinski definition) is 0. The minimum absolute atomic E-state index is 0.0697. The molecule has 0 saturated heterocycles. The van der Waals surface area contributed by atoms with Crippen molar-refractivity contribution in [3.8, 4) is 11.4 Å². The van der Waals surface area contributed by atoms with Gasteiger partial charge in [0.25, 0.3) is 0 Å². The first-order valence-corrected chi connectivity index (χ1v) is 5.84. The van der Waals surface area contributed by atoms with Crippen molar-refractivity contribution in [1.29, 1.82) is 0 Å². The Hall–Kier alpha value is -2.36. The summed E-state index contributed by atoms with van der Waals surface area (Å²) in [6.07, 6.45) is 1.62. The van der Waals surface area contributed by atoms with Crippen molar-refractivity contribution in [1.82, 2.24) is 9.97 Å². The maximum atomic E-state index is 14.3. The molecular weight excluding hydrogens is 246 g/mol. The fourth-order valence-corrected chi connectivity index (χ4v) is 2.07.